The van der Waals surface area contributed by atoms with E-state index in [-0.39, 0.29) is 16.7 Å². The van der Waals surface area contributed by atoms with Crippen LogP contribution in [0.4, 0.5) is 5.82 Å². The molecule has 6 nitrogen and oxygen atoms in total. The van der Waals surface area contributed by atoms with Crippen LogP contribution in [0.25, 0.3) is 16.9 Å². The van der Waals surface area contributed by atoms with E-state index in [0.29, 0.717) is 18.0 Å². The molecule has 0 saturated carbocycles. The van der Waals surface area contributed by atoms with Crippen molar-refractivity contribution in [1.82, 2.24) is 14.3 Å². The number of amides is 2. The lowest BCUT2D eigenvalue weighted by atomic mass is 10.1. The van der Waals surface area contributed by atoms with Crippen LogP contribution in [0, 0.1) is 0 Å². The van der Waals surface area contributed by atoms with Gasteiger partial charge in [-0.1, -0.05) is 36.4 Å². The van der Waals surface area contributed by atoms with Crippen molar-refractivity contribution in [3.63, 3.8) is 0 Å². The highest BCUT2D eigenvalue weighted by atomic mass is 32.2. The fourth-order valence-electron chi connectivity index (χ4n) is 4.13. The first-order chi connectivity index (χ1) is 13.6. The van der Waals surface area contributed by atoms with Gasteiger partial charge in [0, 0.05) is 23.9 Å². The molecule has 1 aromatic carbocycles. The van der Waals surface area contributed by atoms with Crippen molar-refractivity contribution in [3.8, 4) is 11.3 Å². The summed E-state index contributed by atoms with van der Waals surface area (Å²) in [5.41, 5.74) is 2.42. The number of benzene rings is 1. The molecule has 5 rings (SSSR count). The summed E-state index contributed by atoms with van der Waals surface area (Å²) in [7, 11) is 0. The van der Waals surface area contributed by atoms with E-state index < -0.39 is 6.04 Å². The van der Waals surface area contributed by atoms with Crippen molar-refractivity contribution < 1.29 is 9.59 Å². The molecule has 28 heavy (non-hydrogen) atoms. The summed E-state index contributed by atoms with van der Waals surface area (Å²) >= 11 is 1.69. The van der Waals surface area contributed by atoms with E-state index in [9.17, 15) is 9.59 Å². The topological polar surface area (TPSA) is 66.7 Å². The van der Waals surface area contributed by atoms with Crippen molar-refractivity contribution >= 4 is 35.0 Å². The van der Waals surface area contributed by atoms with Gasteiger partial charge >= 0.3 is 0 Å². The molecule has 0 radical (unpaired) electrons. The fourth-order valence-corrected chi connectivity index (χ4v) is 5.56. The molecule has 7 heteroatoms. The van der Waals surface area contributed by atoms with Gasteiger partial charge in [-0.2, -0.15) is 0 Å². The minimum absolute atomic E-state index is 0.0640. The fraction of sp³-hybridized carbons (Fsp3) is 0.286. The highest BCUT2D eigenvalue weighted by molar-refractivity contribution is 8.01. The van der Waals surface area contributed by atoms with E-state index in [0.717, 1.165) is 23.3 Å². The lowest BCUT2D eigenvalue weighted by Crippen LogP contribution is -2.48. The van der Waals surface area contributed by atoms with E-state index in [1.165, 1.54) is 0 Å². The maximum absolute atomic E-state index is 13.2. The largest absolute Gasteiger partial charge is 0.315 e. The predicted octanol–water partition coefficient (Wildman–Crippen LogP) is 3.39. The Morgan fingerprint density at radius 3 is 2.82 bits per heavy atom. The molecule has 4 heterocycles. The Kier molecular flexibility index (Phi) is 3.94. The number of nitrogens with one attached hydrogen (secondary N) is 1. The Labute approximate surface area is 166 Å². The number of nitrogens with zero attached hydrogens (tertiary/aromatic N) is 3. The number of rotatable bonds is 3. The van der Waals surface area contributed by atoms with Crippen LogP contribution in [0.2, 0.25) is 0 Å². The summed E-state index contributed by atoms with van der Waals surface area (Å²) < 4.78 is 1.88. The first kappa shape index (κ1) is 17.3. The zero-order chi connectivity index (χ0) is 19.3. The molecule has 2 saturated heterocycles. The Hall–Kier alpha value is -2.80. The zero-order valence-corrected chi connectivity index (χ0v) is 16.3. The second kappa shape index (κ2) is 6.38. The molecular weight excluding hydrogens is 372 g/mol. The van der Waals surface area contributed by atoms with Gasteiger partial charge in [0.05, 0.1) is 4.87 Å². The maximum Gasteiger partial charge on any atom is 0.249 e. The second-order valence-electron chi connectivity index (χ2n) is 7.36. The summed E-state index contributed by atoms with van der Waals surface area (Å²) in [4.78, 5) is 31.8. The number of imidazole rings is 1. The molecule has 2 amide bonds. The number of carbonyl (C=O) groups excluding carboxylic acids is 2. The second-order valence-corrected chi connectivity index (χ2v) is 8.86. The lowest BCUT2D eigenvalue weighted by Gasteiger charge is -2.29. The molecule has 2 aliphatic rings. The van der Waals surface area contributed by atoms with Gasteiger partial charge in [0.1, 0.15) is 23.2 Å². The average Bonchev–Trinajstić information content (AvgIpc) is 3.34. The van der Waals surface area contributed by atoms with Gasteiger partial charge in [-0.15, -0.1) is 11.8 Å². The minimum Gasteiger partial charge on any atom is -0.315 e. The third kappa shape index (κ3) is 2.61. The number of hydrogen-bond donors (Lipinski definition) is 1. The van der Waals surface area contributed by atoms with Crippen LogP contribution in [0.3, 0.4) is 0 Å². The Morgan fingerprint density at radius 1 is 1.21 bits per heavy atom. The molecule has 2 aliphatic heterocycles. The molecular formula is C21H20N4O2S. The van der Waals surface area contributed by atoms with Gasteiger partial charge in [0.15, 0.2) is 0 Å². The van der Waals surface area contributed by atoms with E-state index >= 15 is 0 Å². The number of hydrogen-bond acceptors (Lipinski definition) is 4. The van der Waals surface area contributed by atoms with Crippen molar-refractivity contribution in [2.45, 2.75) is 30.7 Å². The van der Waals surface area contributed by atoms with Gasteiger partial charge in [-0.3, -0.25) is 14.0 Å². The summed E-state index contributed by atoms with van der Waals surface area (Å²) in [6.07, 6.45) is 3.20. The first-order valence-electron chi connectivity index (χ1n) is 9.36. The quantitative estimate of drug-likeness (QED) is 0.742. The third-order valence-electron chi connectivity index (χ3n) is 5.57. The summed E-state index contributed by atoms with van der Waals surface area (Å²) in [6.45, 7) is 2.06. The molecule has 3 aromatic rings. The van der Waals surface area contributed by atoms with Gasteiger partial charge < -0.3 is 10.2 Å². The summed E-state index contributed by atoms with van der Waals surface area (Å²) in [5, 5.41) is 3.08. The molecule has 142 valence electrons. The Bertz CT molecular complexity index is 1080. The summed E-state index contributed by atoms with van der Waals surface area (Å²) in [6, 6.07) is 15.1. The third-order valence-corrected chi connectivity index (χ3v) is 7.07. The molecule has 0 unspecified atom stereocenters. The van der Waals surface area contributed by atoms with Crippen LogP contribution < -0.4 is 5.32 Å². The van der Waals surface area contributed by atoms with E-state index in [2.05, 4.69) is 12.2 Å². The van der Waals surface area contributed by atoms with Crippen molar-refractivity contribution in [2.75, 3.05) is 11.1 Å². The van der Waals surface area contributed by atoms with Crippen LogP contribution in [0.1, 0.15) is 19.8 Å². The highest BCUT2D eigenvalue weighted by Crippen LogP contribution is 2.47. The van der Waals surface area contributed by atoms with Crippen LogP contribution >= 0.6 is 11.8 Å². The number of fused-ring (bicyclic) bond motifs is 2. The number of carbonyl (C=O) groups is 2. The minimum atomic E-state index is -0.456. The summed E-state index contributed by atoms with van der Waals surface area (Å²) in [5.74, 6) is 1.16. The number of aromatic nitrogens is 2. The van der Waals surface area contributed by atoms with Gasteiger partial charge in [-0.25, -0.2) is 4.98 Å². The van der Waals surface area contributed by atoms with Crippen LogP contribution in [0.15, 0.2) is 54.7 Å². The van der Waals surface area contributed by atoms with Crippen LogP contribution in [-0.4, -0.2) is 42.8 Å². The molecule has 2 fully saturated rings. The molecule has 0 bridgehead atoms. The van der Waals surface area contributed by atoms with E-state index in [4.69, 9.17) is 4.98 Å². The number of thioether (sulfide) groups is 1. The number of anilines is 1. The molecule has 1 N–H and O–H groups in total. The lowest BCUT2D eigenvalue weighted by molar-refractivity contribution is -0.135. The van der Waals surface area contributed by atoms with Crippen molar-refractivity contribution in [3.05, 3.63) is 54.7 Å². The predicted molar refractivity (Wildman–Crippen MR) is 110 cm³/mol. The van der Waals surface area contributed by atoms with E-state index in [1.807, 2.05) is 59.1 Å². The molecule has 2 aromatic heterocycles. The monoisotopic (exact) mass is 392 g/mol. The van der Waals surface area contributed by atoms with Gasteiger partial charge in [-0.05, 0) is 25.5 Å². The molecule has 0 spiro atoms. The van der Waals surface area contributed by atoms with Crippen LogP contribution in [0.5, 0.6) is 0 Å². The van der Waals surface area contributed by atoms with Gasteiger partial charge in [0.25, 0.3) is 0 Å². The number of pyridine rings is 1. The first-order valence-corrected chi connectivity index (χ1v) is 10.3. The van der Waals surface area contributed by atoms with Gasteiger partial charge in [0.2, 0.25) is 11.8 Å². The Balaban J connectivity index is 1.53. The van der Waals surface area contributed by atoms with Crippen molar-refractivity contribution in [1.29, 1.82) is 0 Å². The van der Waals surface area contributed by atoms with Crippen molar-refractivity contribution in [2.24, 2.45) is 0 Å². The smallest absolute Gasteiger partial charge is 0.249 e. The van der Waals surface area contributed by atoms with E-state index in [1.54, 1.807) is 16.7 Å². The normalized spacial score (nSPS) is 24.0. The highest BCUT2D eigenvalue weighted by Gasteiger charge is 2.53. The SMILES string of the molecule is C[C@@]12CCC(=O)N1[C@H](C(=O)Nc1c(-c3ccccc3)nc3ccccn13)CS2. The zero-order valence-electron chi connectivity index (χ0n) is 15.5. The maximum atomic E-state index is 13.2. The molecule has 2 atom stereocenters. The van der Waals surface area contributed by atoms with Crippen LogP contribution in [-0.2, 0) is 9.59 Å². The Morgan fingerprint density at radius 2 is 2.00 bits per heavy atom. The average molecular weight is 392 g/mol. The molecule has 0 aliphatic carbocycles. The standard InChI is InChI=1S/C21H20N4O2S/c1-21-11-10-17(26)25(21)15(13-28-21)20(27)23-19-18(14-7-3-2-4-8-14)22-16-9-5-6-12-24(16)19/h2-9,12,15H,10-11,13H2,1H3,(H,23,27)/t15-,21+/m0/s1.